The molecule has 3 heteroatoms. The largest absolute Gasteiger partial charge is 0.326 e. The number of benzene rings is 1. The molecular formula is C14H20N2O. The third kappa shape index (κ3) is 3.07. The maximum Gasteiger partial charge on any atom is 0.228 e. The van der Waals surface area contributed by atoms with Gasteiger partial charge in [-0.1, -0.05) is 18.2 Å². The molecule has 1 aliphatic rings. The summed E-state index contributed by atoms with van der Waals surface area (Å²) >= 11 is 0. The van der Waals surface area contributed by atoms with Crippen molar-refractivity contribution >= 4 is 11.6 Å². The summed E-state index contributed by atoms with van der Waals surface area (Å²) in [6, 6.07) is 8.43. The summed E-state index contributed by atoms with van der Waals surface area (Å²) in [7, 11) is 0. The zero-order chi connectivity index (χ0) is 12.3. The molecule has 0 aromatic heterocycles. The normalized spacial score (nSPS) is 24.4. The monoisotopic (exact) mass is 232 g/mol. The molecule has 1 amide bonds. The van der Waals surface area contributed by atoms with Gasteiger partial charge in [-0.3, -0.25) is 4.79 Å². The zero-order valence-corrected chi connectivity index (χ0v) is 10.5. The van der Waals surface area contributed by atoms with Crippen molar-refractivity contribution < 1.29 is 4.79 Å². The Bertz CT molecular complexity index is 395. The lowest BCUT2D eigenvalue weighted by Gasteiger charge is -2.26. The third-order valence-corrected chi connectivity index (χ3v) is 3.43. The van der Waals surface area contributed by atoms with Crippen molar-refractivity contribution in [2.45, 2.75) is 32.7 Å². The van der Waals surface area contributed by atoms with Gasteiger partial charge in [0.25, 0.3) is 0 Å². The number of hydrogen-bond acceptors (Lipinski definition) is 2. The highest BCUT2D eigenvalue weighted by Gasteiger charge is 2.23. The van der Waals surface area contributed by atoms with Crippen LogP contribution in [0, 0.1) is 12.8 Å². The van der Waals surface area contributed by atoms with Gasteiger partial charge in [0.2, 0.25) is 5.91 Å². The number of piperidine rings is 1. The van der Waals surface area contributed by atoms with E-state index >= 15 is 0 Å². The number of para-hydroxylation sites is 1. The number of carbonyl (C=O) groups excluding carboxylic acids is 1. The van der Waals surface area contributed by atoms with Crippen LogP contribution in [0.1, 0.15) is 25.3 Å². The number of amides is 1. The summed E-state index contributed by atoms with van der Waals surface area (Å²) in [4.78, 5) is 12.1. The van der Waals surface area contributed by atoms with Crippen LogP contribution in [0.25, 0.3) is 0 Å². The van der Waals surface area contributed by atoms with Crippen LogP contribution in [-0.2, 0) is 4.79 Å². The fourth-order valence-electron chi connectivity index (χ4n) is 2.17. The fourth-order valence-corrected chi connectivity index (χ4v) is 2.17. The molecule has 1 heterocycles. The smallest absolute Gasteiger partial charge is 0.228 e. The summed E-state index contributed by atoms with van der Waals surface area (Å²) < 4.78 is 0. The second-order valence-corrected chi connectivity index (χ2v) is 4.89. The summed E-state index contributed by atoms with van der Waals surface area (Å²) in [6.07, 6.45) is 2.05. The zero-order valence-electron chi connectivity index (χ0n) is 10.5. The average molecular weight is 232 g/mol. The number of carbonyl (C=O) groups is 1. The first-order chi connectivity index (χ1) is 8.16. The van der Waals surface area contributed by atoms with Crippen molar-refractivity contribution in [1.82, 2.24) is 5.32 Å². The van der Waals surface area contributed by atoms with Gasteiger partial charge < -0.3 is 10.6 Å². The van der Waals surface area contributed by atoms with E-state index in [1.54, 1.807) is 0 Å². The molecule has 0 spiro atoms. The summed E-state index contributed by atoms with van der Waals surface area (Å²) in [5.41, 5.74) is 2.04. The first kappa shape index (κ1) is 12.1. The Morgan fingerprint density at radius 1 is 1.35 bits per heavy atom. The lowest BCUT2D eigenvalue weighted by molar-refractivity contribution is -0.120. The molecule has 17 heavy (non-hydrogen) atoms. The summed E-state index contributed by atoms with van der Waals surface area (Å²) in [5, 5.41) is 6.37. The van der Waals surface area contributed by atoms with E-state index in [4.69, 9.17) is 0 Å². The second kappa shape index (κ2) is 5.32. The van der Waals surface area contributed by atoms with Crippen LogP contribution in [0.3, 0.4) is 0 Å². The number of rotatable bonds is 2. The molecule has 92 valence electrons. The molecular weight excluding hydrogens is 212 g/mol. The number of nitrogens with one attached hydrogen (secondary N) is 2. The van der Waals surface area contributed by atoms with E-state index in [0.29, 0.717) is 6.04 Å². The number of hydrogen-bond donors (Lipinski definition) is 2. The standard InChI is InChI=1S/C14H20N2O/c1-10-5-3-4-6-13(10)16-14(17)12-8-7-11(2)15-9-12/h3-6,11-12,15H,7-9H2,1-2H3,(H,16,17). The van der Waals surface area contributed by atoms with Gasteiger partial charge in [0.05, 0.1) is 5.92 Å². The first-order valence-corrected chi connectivity index (χ1v) is 6.26. The van der Waals surface area contributed by atoms with Crippen molar-refractivity contribution in [3.63, 3.8) is 0 Å². The van der Waals surface area contributed by atoms with E-state index in [2.05, 4.69) is 17.6 Å². The second-order valence-electron chi connectivity index (χ2n) is 4.89. The predicted molar refractivity (Wildman–Crippen MR) is 70.0 cm³/mol. The van der Waals surface area contributed by atoms with E-state index in [0.717, 1.165) is 30.6 Å². The van der Waals surface area contributed by atoms with Gasteiger partial charge in [0.15, 0.2) is 0 Å². The molecule has 2 unspecified atom stereocenters. The highest BCUT2D eigenvalue weighted by atomic mass is 16.1. The lowest BCUT2D eigenvalue weighted by Crippen LogP contribution is -2.41. The van der Waals surface area contributed by atoms with E-state index < -0.39 is 0 Å². The van der Waals surface area contributed by atoms with Gasteiger partial charge in [-0.2, -0.15) is 0 Å². The minimum absolute atomic E-state index is 0.103. The van der Waals surface area contributed by atoms with Crippen LogP contribution in [-0.4, -0.2) is 18.5 Å². The first-order valence-electron chi connectivity index (χ1n) is 6.26. The van der Waals surface area contributed by atoms with Crippen LogP contribution < -0.4 is 10.6 Å². The highest BCUT2D eigenvalue weighted by molar-refractivity contribution is 5.93. The molecule has 1 fully saturated rings. The Morgan fingerprint density at radius 3 is 2.76 bits per heavy atom. The maximum absolute atomic E-state index is 12.1. The van der Waals surface area contributed by atoms with E-state index in [-0.39, 0.29) is 11.8 Å². The van der Waals surface area contributed by atoms with Crippen LogP contribution in [0.15, 0.2) is 24.3 Å². The summed E-state index contributed by atoms with van der Waals surface area (Å²) in [5.74, 6) is 0.240. The predicted octanol–water partition coefficient (Wildman–Crippen LogP) is 2.32. The van der Waals surface area contributed by atoms with Gasteiger partial charge in [-0.25, -0.2) is 0 Å². The molecule has 0 bridgehead atoms. The van der Waals surface area contributed by atoms with Gasteiger partial charge in [-0.15, -0.1) is 0 Å². The SMILES string of the molecule is Cc1ccccc1NC(=O)C1CCC(C)NC1. The fraction of sp³-hybridized carbons (Fsp3) is 0.500. The quantitative estimate of drug-likeness (QED) is 0.821. The lowest BCUT2D eigenvalue weighted by atomic mass is 9.94. The van der Waals surface area contributed by atoms with Gasteiger partial charge in [0.1, 0.15) is 0 Å². The number of anilines is 1. The minimum Gasteiger partial charge on any atom is -0.326 e. The van der Waals surface area contributed by atoms with Crippen molar-refractivity contribution in [3.8, 4) is 0 Å². The van der Waals surface area contributed by atoms with Gasteiger partial charge >= 0.3 is 0 Å². The average Bonchev–Trinajstić information content (AvgIpc) is 2.33. The Morgan fingerprint density at radius 2 is 2.12 bits per heavy atom. The van der Waals surface area contributed by atoms with Crippen LogP contribution in [0.5, 0.6) is 0 Å². The van der Waals surface area contributed by atoms with Gasteiger partial charge in [0, 0.05) is 18.3 Å². The molecule has 2 rings (SSSR count). The molecule has 2 atom stereocenters. The molecule has 2 N–H and O–H groups in total. The van der Waals surface area contributed by atoms with Crippen molar-refractivity contribution in [1.29, 1.82) is 0 Å². The van der Waals surface area contributed by atoms with Crippen LogP contribution >= 0.6 is 0 Å². The Hall–Kier alpha value is -1.35. The Kier molecular flexibility index (Phi) is 3.79. The van der Waals surface area contributed by atoms with E-state index in [9.17, 15) is 4.79 Å². The molecule has 1 aromatic rings. The van der Waals surface area contributed by atoms with Crippen molar-refractivity contribution in [2.24, 2.45) is 5.92 Å². The molecule has 1 aromatic carbocycles. The maximum atomic E-state index is 12.1. The molecule has 3 nitrogen and oxygen atoms in total. The van der Waals surface area contributed by atoms with Crippen LogP contribution in [0.4, 0.5) is 5.69 Å². The Labute approximate surface area is 103 Å². The van der Waals surface area contributed by atoms with Crippen LogP contribution in [0.2, 0.25) is 0 Å². The molecule has 1 aliphatic heterocycles. The minimum atomic E-state index is 0.103. The molecule has 1 saturated heterocycles. The number of aryl methyl sites for hydroxylation is 1. The van der Waals surface area contributed by atoms with Gasteiger partial charge in [-0.05, 0) is 38.3 Å². The molecule has 0 radical (unpaired) electrons. The summed E-state index contributed by atoms with van der Waals surface area (Å²) in [6.45, 7) is 4.96. The third-order valence-electron chi connectivity index (χ3n) is 3.43. The van der Waals surface area contributed by atoms with E-state index in [1.165, 1.54) is 0 Å². The van der Waals surface area contributed by atoms with E-state index in [1.807, 2.05) is 31.2 Å². The van der Waals surface area contributed by atoms with Crippen molar-refractivity contribution in [3.05, 3.63) is 29.8 Å². The molecule has 0 saturated carbocycles. The van der Waals surface area contributed by atoms with Crippen molar-refractivity contribution in [2.75, 3.05) is 11.9 Å². The highest BCUT2D eigenvalue weighted by Crippen LogP contribution is 2.18. The molecule has 0 aliphatic carbocycles. The Balaban J connectivity index is 1.95. The topological polar surface area (TPSA) is 41.1 Å².